The van der Waals surface area contributed by atoms with Crippen LogP contribution in [0.1, 0.15) is 17.5 Å². The number of aryl methyl sites for hydroxylation is 2. The number of nitrogens with zero attached hydrogens (tertiary/aromatic N) is 5. The fourth-order valence-corrected chi connectivity index (χ4v) is 3.69. The van der Waals surface area contributed by atoms with Gasteiger partial charge in [0.25, 0.3) is 5.56 Å². The first kappa shape index (κ1) is 25.0. The molecule has 0 spiro atoms. The summed E-state index contributed by atoms with van der Waals surface area (Å²) < 4.78 is 51.4. The number of benzene rings is 1. The van der Waals surface area contributed by atoms with Gasteiger partial charge in [0.15, 0.2) is 11.2 Å². The monoisotopic (exact) mass is 505 g/mol. The van der Waals surface area contributed by atoms with E-state index in [1.165, 1.54) is 28.3 Å². The molecule has 4 aromatic rings. The van der Waals surface area contributed by atoms with Gasteiger partial charge < -0.3 is 14.6 Å². The van der Waals surface area contributed by atoms with Crippen molar-refractivity contribution >= 4 is 11.2 Å². The van der Waals surface area contributed by atoms with Crippen LogP contribution >= 0.6 is 0 Å². The number of aromatic nitrogens is 5. The summed E-state index contributed by atoms with van der Waals surface area (Å²) >= 11 is 0. The van der Waals surface area contributed by atoms with E-state index in [2.05, 4.69) is 14.7 Å². The average molecular weight is 505 g/mol. The van der Waals surface area contributed by atoms with Crippen LogP contribution in [0.4, 0.5) is 13.2 Å². The van der Waals surface area contributed by atoms with Crippen LogP contribution in [0.25, 0.3) is 11.2 Å². The maximum absolute atomic E-state index is 13.4. The number of aliphatic hydroxyl groups excluding tert-OH is 1. The standard InChI is InChI=1S/C23H22F3N5O5/c1-14-12-27-8-7-15(14)13-31-18-19(29(2)22(34)30(20(18)33)9-4-10-32)28-21(31)35-16-5-3-6-17(11-16)36-23(24,25)26/h3,5-8,11-12,32H,4,9-10,13H2,1-2H3. The van der Waals surface area contributed by atoms with Gasteiger partial charge in [-0.2, -0.15) is 4.98 Å². The van der Waals surface area contributed by atoms with E-state index in [-0.39, 0.29) is 49.0 Å². The molecule has 13 heteroatoms. The van der Waals surface area contributed by atoms with E-state index in [4.69, 9.17) is 4.74 Å². The molecule has 0 amide bonds. The maximum Gasteiger partial charge on any atom is 0.573 e. The van der Waals surface area contributed by atoms with Crippen LogP contribution in [0.15, 0.2) is 52.3 Å². The van der Waals surface area contributed by atoms with Crippen LogP contribution in [0, 0.1) is 6.92 Å². The molecule has 0 fully saturated rings. The van der Waals surface area contributed by atoms with Crippen molar-refractivity contribution in [1.29, 1.82) is 0 Å². The van der Waals surface area contributed by atoms with Crippen LogP contribution in [-0.4, -0.2) is 41.7 Å². The van der Waals surface area contributed by atoms with E-state index in [0.29, 0.717) is 0 Å². The molecule has 0 bridgehead atoms. The molecular weight excluding hydrogens is 483 g/mol. The lowest BCUT2D eigenvalue weighted by Crippen LogP contribution is -2.39. The topological polar surface area (TPSA) is 113 Å². The largest absolute Gasteiger partial charge is 0.573 e. The van der Waals surface area contributed by atoms with Crippen LogP contribution in [0.5, 0.6) is 17.5 Å². The second-order valence-electron chi connectivity index (χ2n) is 7.96. The van der Waals surface area contributed by atoms with Crippen molar-refractivity contribution < 1.29 is 27.8 Å². The summed E-state index contributed by atoms with van der Waals surface area (Å²) in [6, 6.07) is 6.50. The molecule has 3 aromatic heterocycles. The number of aliphatic hydroxyl groups is 1. The number of alkyl halides is 3. The Kier molecular flexibility index (Phi) is 6.84. The van der Waals surface area contributed by atoms with Gasteiger partial charge in [-0.25, -0.2) is 4.79 Å². The van der Waals surface area contributed by atoms with Gasteiger partial charge in [0, 0.05) is 38.7 Å². The van der Waals surface area contributed by atoms with Gasteiger partial charge in [-0.1, -0.05) is 6.07 Å². The summed E-state index contributed by atoms with van der Waals surface area (Å²) in [4.78, 5) is 34.6. The summed E-state index contributed by atoms with van der Waals surface area (Å²) in [6.45, 7) is 1.71. The Labute approximate surface area is 201 Å². The van der Waals surface area contributed by atoms with E-state index in [1.807, 2.05) is 6.92 Å². The van der Waals surface area contributed by atoms with Gasteiger partial charge in [0.2, 0.25) is 0 Å². The van der Waals surface area contributed by atoms with Crippen molar-refractivity contribution in [3.8, 4) is 17.5 Å². The number of rotatable bonds is 8. The first-order chi connectivity index (χ1) is 17.1. The van der Waals surface area contributed by atoms with Gasteiger partial charge in [-0.15, -0.1) is 13.2 Å². The summed E-state index contributed by atoms with van der Waals surface area (Å²) in [5.41, 5.74) is 0.427. The third kappa shape index (κ3) is 5.10. The minimum absolute atomic E-state index is 0.00950. The van der Waals surface area contributed by atoms with Gasteiger partial charge in [-0.05, 0) is 42.7 Å². The molecule has 0 unspecified atom stereocenters. The number of ether oxygens (including phenoxy) is 2. The van der Waals surface area contributed by atoms with Gasteiger partial charge in [0.1, 0.15) is 11.5 Å². The minimum Gasteiger partial charge on any atom is -0.425 e. The van der Waals surface area contributed by atoms with E-state index in [0.717, 1.165) is 27.8 Å². The van der Waals surface area contributed by atoms with Gasteiger partial charge in [-0.3, -0.25) is 23.5 Å². The Morgan fingerprint density at radius 2 is 1.86 bits per heavy atom. The van der Waals surface area contributed by atoms with E-state index >= 15 is 0 Å². The lowest BCUT2D eigenvalue weighted by molar-refractivity contribution is -0.274. The Bertz CT molecular complexity index is 1520. The van der Waals surface area contributed by atoms with Crippen LogP contribution < -0.4 is 20.7 Å². The Morgan fingerprint density at radius 1 is 1.11 bits per heavy atom. The smallest absolute Gasteiger partial charge is 0.425 e. The molecule has 0 aliphatic carbocycles. The minimum atomic E-state index is -4.89. The number of imidazole rings is 1. The highest BCUT2D eigenvalue weighted by Gasteiger charge is 2.31. The first-order valence-corrected chi connectivity index (χ1v) is 10.8. The summed E-state index contributed by atoms with van der Waals surface area (Å²) in [6.07, 6.45) is -1.48. The molecule has 0 saturated heterocycles. The van der Waals surface area contributed by atoms with E-state index in [9.17, 15) is 27.9 Å². The predicted octanol–water partition coefficient (Wildman–Crippen LogP) is 2.72. The molecule has 0 saturated carbocycles. The van der Waals surface area contributed by atoms with Crippen molar-refractivity contribution in [2.45, 2.75) is 32.8 Å². The molecule has 0 aliphatic rings. The fraction of sp³-hybridized carbons (Fsp3) is 0.304. The number of pyridine rings is 1. The lowest BCUT2D eigenvalue weighted by Gasteiger charge is -2.13. The number of hydrogen-bond donors (Lipinski definition) is 1. The van der Waals surface area contributed by atoms with Crippen molar-refractivity contribution in [3.05, 3.63) is 74.7 Å². The van der Waals surface area contributed by atoms with Crippen molar-refractivity contribution in [2.75, 3.05) is 6.61 Å². The highest BCUT2D eigenvalue weighted by atomic mass is 19.4. The molecule has 10 nitrogen and oxygen atoms in total. The van der Waals surface area contributed by atoms with E-state index in [1.54, 1.807) is 18.5 Å². The maximum atomic E-state index is 13.4. The molecule has 3 heterocycles. The quantitative estimate of drug-likeness (QED) is 0.392. The molecule has 4 rings (SSSR count). The van der Waals surface area contributed by atoms with Gasteiger partial charge >= 0.3 is 18.1 Å². The summed E-state index contributed by atoms with van der Waals surface area (Å²) in [5.74, 6) is -0.517. The predicted molar refractivity (Wildman–Crippen MR) is 122 cm³/mol. The molecule has 36 heavy (non-hydrogen) atoms. The van der Waals surface area contributed by atoms with Crippen molar-refractivity contribution in [3.63, 3.8) is 0 Å². The molecular formula is C23H22F3N5O5. The zero-order chi connectivity index (χ0) is 26.0. The summed E-state index contributed by atoms with van der Waals surface area (Å²) in [7, 11) is 1.44. The third-order valence-electron chi connectivity index (χ3n) is 5.45. The van der Waals surface area contributed by atoms with Gasteiger partial charge in [0.05, 0.1) is 6.54 Å². The zero-order valence-corrected chi connectivity index (χ0v) is 19.3. The average Bonchev–Trinajstić information content (AvgIpc) is 3.16. The first-order valence-electron chi connectivity index (χ1n) is 10.8. The fourth-order valence-electron chi connectivity index (χ4n) is 3.69. The van der Waals surface area contributed by atoms with Crippen molar-refractivity contribution in [2.24, 2.45) is 7.05 Å². The second-order valence-corrected chi connectivity index (χ2v) is 7.96. The Balaban J connectivity index is 1.89. The molecule has 190 valence electrons. The molecule has 0 radical (unpaired) electrons. The summed E-state index contributed by atoms with van der Waals surface area (Å²) in [5, 5.41) is 9.18. The number of hydrogen-bond acceptors (Lipinski definition) is 7. The number of fused-ring (bicyclic) bond motifs is 1. The van der Waals surface area contributed by atoms with Crippen LogP contribution in [-0.2, 0) is 20.1 Å². The number of halogens is 3. The Hall–Kier alpha value is -4.13. The highest BCUT2D eigenvalue weighted by Crippen LogP contribution is 2.30. The zero-order valence-electron chi connectivity index (χ0n) is 19.3. The molecule has 1 aromatic carbocycles. The van der Waals surface area contributed by atoms with E-state index < -0.39 is 23.4 Å². The highest BCUT2D eigenvalue weighted by molar-refractivity contribution is 5.72. The van der Waals surface area contributed by atoms with Crippen molar-refractivity contribution in [1.82, 2.24) is 23.7 Å². The SMILES string of the molecule is Cc1cnccc1Cn1c(Oc2cccc(OC(F)(F)F)c2)nc2c1c(=O)n(CCCO)c(=O)n2C. The second kappa shape index (κ2) is 9.85. The lowest BCUT2D eigenvalue weighted by atomic mass is 10.1. The van der Waals surface area contributed by atoms with Crippen LogP contribution in [0.3, 0.4) is 0 Å². The molecule has 0 atom stereocenters. The molecule has 1 N–H and O–H groups in total. The third-order valence-corrected chi connectivity index (χ3v) is 5.45. The normalized spacial score (nSPS) is 11.7. The van der Waals surface area contributed by atoms with Crippen LogP contribution in [0.2, 0.25) is 0 Å². The Morgan fingerprint density at radius 3 is 2.56 bits per heavy atom. The molecule has 0 aliphatic heterocycles.